The molecule has 2 aliphatic carbocycles. The predicted molar refractivity (Wildman–Crippen MR) is 72.0 cm³/mol. The molecule has 3 atom stereocenters. The largest absolute Gasteiger partial charge is 0.378 e. The van der Waals surface area contributed by atoms with Gasteiger partial charge >= 0.3 is 0 Å². The number of rotatable bonds is 3. The van der Waals surface area contributed by atoms with Crippen LogP contribution in [-0.4, -0.2) is 12.1 Å². The van der Waals surface area contributed by atoms with Crippen LogP contribution in [0.2, 0.25) is 0 Å². The van der Waals surface area contributed by atoms with Gasteiger partial charge in [-0.15, -0.1) is 0 Å². The predicted octanol–water partition coefficient (Wildman–Crippen LogP) is 2.92. The molecule has 0 aliphatic heterocycles. The molecule has 2 nitrogen and oxygen atoms in total. The lowest BCUT2D eigenvalue weighted by Crippen LogP contribution is -2.49. The zero-order chi connectivity index (χ0) is 11.9. The van der Waals surface area contributed by atoms with Crippen molar-refractivity contribution < 1.29 is 0 Å². The second kappa shape index (κ2) is 4.02. The molecule has 92 valence electrons. The molecule has 17 heavy (non-hydrogen) atoms. The van der Waals surface area contributed by atoms with E-state index < -0.39 is 0 Å². The number of nitrogens with one attached hydrogen (secondary N) is 1. The summed E-state index contributed by atoms with van der Waals surface area (Å²) in [5.74, 6) is 1.71. The summed E-state index contributed by atoms with van der Waals surface area (Å²) >= 11 is 0. The number of hydrogen-bond donors (Lipinski definition) is 2. The van der Waals surface area contributed by atoms with Crippen molar-refractivity contribution in [2.75, 3.05) is 11.9 Å². The molecule has 1 aromatic rings. The molecular formula is C15H22N2. The first-order chi connectivity index (χ1) is 8.22. The maximum Gasteiger partial charge on any atom is 0.0526 e. The molecule has 3 unspecified atom stereocenters. The smallest absolute Gasteiger partial charge is 0.0526 e. The quantitative estimate of drug-likeness (QED) is 0.838. The Morgan fingerprint density at radius 3 is 2.59 bits per heavy atom. The molecule has 1 aromatic carbocycles. The Kier molecular flexibility index (Phi) is 2.62. The number of hydrogen-bond acceptors (Lipinski definition) is 2. The van der Waals surface area contributed by atoms with Crippen LogP contribution in [0, 0.1) is 18.8 Å². The van der Waals surface area contributed by atoms with Crippen LogP contribution in [0.25, 0.3) is 0 Å². The fourth-order valence-electron chi connectivity index (χ4n) is 3.82. The van der Waals surface area contributed by atoms with Crippen LogP contribution in [0.4, 0.5) is 5.69 Å². The number of nitrogens with two attached hydrogens (primary N) is 1. The topological polar surface area (TPSA) is 38.0 Å². The monoisotopic (exact) mass is 230 g/mol. The van der Waals surface area contributed by atoms with Gasteiger partial charge in [-0.3, -0.25) is 0 Å². The van der Waals surface area contributed by atoms with Crippen molar-refractivity contribution in [3.63, 3.8) is 0 Å². The third-order valence-electron chi connectivity index (χ3n) is 4.78. The lowest BCUT2D eigenvalue weighted by atomic mass is 9.80. The highest BCUT2D eigenvalue weighted by atomic mass is 15.0. The van der Waals surface area contributed by atoms with Crippen molar-refractivity contribution in [3.8, 4) is 0 Å². The van der Waals surface area contributed by atoms with Gasteiger partial charge in [0.1, 0.15) is 0 Å². The molecule has 0 saturated heterocycles. The zero-order valence-electron chi connectivity index (χ0n) is 10.6. The second-order valence-corrected chi connectivity index (χ2v) is 5.93. The fraction of sp³-hybridized carbons (Fsp3) is 0.600. The van der Waals surface area contributed by atoms with E-state index >= 15 is 0 Å². The van der Waals surface area contributed by atoms with E-state index in [1.807, 2.05) is 0 Å². The molecule has 0 amide bonds. The maximum absolute atomic E-state index is 6.07. The SMILES string of the molecule is Cc1ccc(NC2(CN)CC3CCC2C3)cc1. The summed E-state index contributed by atoms with van der Waals surface area (Å²) in [6, 6.07) is 8.69. The summed E-state index contributed by atoms with van der Waals surface area (Å²) in [4.78, 5) is 0. The number of fused-ring (bicyclic) bond motifs is 2. The van der Waals surface area contributed by atoms with E-state index in [2.05, 4.69) is 36.5 Å². The molecule has 2 aliphatic rings. The molecule has 2 heteroatoms. The summed E-state index contributed by atoms with van der Waals surface area (Å²) in [5, 5.41) is 3.74. The summed E-state index contributed by atoms with van der Waals surface area (Å²) in [6.07, 6.45) is 5.43. The summed E-state index contributed by atoms with van der Waals surface area (Å²) in [7, 11) is 0. The van der Waals surface area contributed by atoms with E-state index in [0.29, 0.717) is 0 Å². The normalized spacial score (nSPS) is 35.2. The first kappa shape index (κ1) is 11.1. The van der Waals surface area contributed by atoms with Gasteiger partial charge in [0, 0.05) is 12.2 Å². The molecule has 2 saturated carbocycles. The Morgan fingerprint density at radius 2 is 2.06 bits per heavy atom. The highest BCUT2D eigenvalue weighted by Gasteiger charge is 2.50. The Hall–Kier alpha value is -1.02. The first-order valence-corrected chi connectivity index (χ1v) is 6.77. The first-order valence-electron chi connectivity index (χ1n) is 6.77. The van der Waals surface area contributed by atoms with Crippen LogP contribution >= 0.6 is 0 Å². The third kappa shape index (κ3) is 1.85. The molecule has 0 spiro atoms. The number of anilines is 1. The molecule has 0 radical (unpaired) electrons. The molecular weight excluding hydrogens is 208 g/mol. The molecule has 0 aromatic heterocycles. The Labute approximate surface area is 104 Å². The number of aryl methyl sites for hydroxylation is 1. The van der Waals surface area contributed by atoms with Crippen LogP contribution in [-0.2, 0) is 0 Å². The lowest BCUT2D eigenvalue weighted by molar-refractivity contribution is 0.306. The standard InChI is InChI=1S/C15H22N2/c1-11-2-6-14(7-3-11)17-15(10-16)9-12-4-5-13(15)8-12/h2-3,6-7,12-13,17H,4-5,8-10,16H2,1H3. The van der Waals surface area contributed by atoms with Gasteiger partial charge in [0.2, 0.25) is 0 Å². The van der Waals surface area contributed by atoms with Crippen molar-refractivity contribution in [2.45, 2.75) is 38.1 Å². The Balaban J connectivity index is 1.80. The van der Waals surface area contributed by atoms with Crippen LogP contribution < -0.4 is 11.1 Å². The van der Waals surface area contributed by atoms with Crippen molar-refractivity contribution in [3.05, 3.63) is 29.8 Å². The van der Waals surface area contributed by atoms with E-state index in [9.17, 15) is 0 Å². The maximum atomic E-state index is 6.07. The van der Waals surface area contributed by atoms with Crippen molar-refractivity contribution in [1.82, 2.24) is 0 Å². The van der Waals surface area contributed by atoms with Crippen LogP contribution in [0.15, 0.2) is 24.3 Å². The summed E-state index contributed by atoms with van der Waals surface area (Å²) in [5.41, 5.74) is 8.79. The Morgan fingerprint density at radius 1 is 1.29 bits per heavy atom. The molecule has 2 bridgehead atoms. The highest BCUT2D eigenvalue weighted by molar-refractivity contribution is 5.48. The summed E-state index contributed by atoms with van der Waals surface area (Å²) < 4.78 is 0. The Bertz CT molecular complexity index is 398. The highest BCUT2D eigenvalue weighted by Crippen LogP contribution is 2.51. The van der Waals surface area contributed by atoms with Crippen LogP contribution in [0.5, 0.6) is 0 Å². The minimum atomic E-state index is 0.179. The lowest BCUT2D eigenvalue weighted by Gasteiger charge is -2.38. The van der Waals surface area contributed by atoms with Gasteiger partial charge in [0.05, 0.1) is 5.54 Å². The van der Waals surface area contributed by atoms with Gasteiger partial charge in [-0.05, 0) is 56.6 Å². The second-order valence-electron chi connectivity index (χ2n) is 5.93. The summed E-state index contributed by atoms with van der Waals surface area (Å²) in [6.45, 7) is 2.89. The minimum absolute atomic E-state index is 0.179. The number of benzene rings is 1. The molecule has 0 heterocycles. The van der Waals surface area contributed by atoms with Gasteiger partial charge in [-0.25, -0.2) is 0 Å². The van der Waals surface area contributed by atoms with E-state index in [1.165, 1.54) is 36.9 Å². The minimum Gasteiger partial charge on any atom is -0.378 e. The van der Waals surface area contributed by atoms with E-state index in [0.717, 1.165) is 18.4 Å². The van der Waals surface area contributed by atoms with Crippen molar-refractivity contribution >= 4 is 5.69 Å². The van der Waals surface area contributed by atoms with Gasteiger partial charge in [0.15, 0.2) is 0 Å². The third-order valence-corrected chi connectivity index (χ3v) is 4.78. The van der Waals surface area contributed by atoms with Crippen molar-refractivity contribution in [2.24, 2.45) is 17.6 Å². The van der Waals surface area contributed by atoms with Crippen molar-refractivity contribution in [1.29, 1.82) is 0 Å². The fourth-order valence-corrected chi connectivity index (χ4v) is 3.82. The van der Waals surface area contributed by atoms with E-state index in [-0.39, 0.29) is 5.54 Å². The average molecular weight is 230 g/mol. The van der Waals surface area contributed by atoms with E-state index in [4.69, 9.17) is 5.73 Å². The van der Waals surface area contributed by atoms with Gasteiger partial charge in [0.25, 0.3) is 0 Å². The van der Waals surface area contributed by atoms with Gasteiger partial charge < -0.3 is 11.1 Å². The van der Waals surface area contributed by atoms with Crippen LogP contribution in [0.1, 0.15) is 31.2 Å². The van der Waals surface area contributed by atoms with E-state index in [1.54, 1.807) is 0 Å². The van der Waals surface area contributed by atoms with Gasteiger partial charge in [-0.1, -0.05) is 17.7 Å². The molecule has 3 N–H and O–H groups in total. The van der Waals surface area contributed by atoms with Crippen LogP contribution in [0.3, 0.4) is 0 Å². The van der Waals surface area contributed by atoms with Gasteiger partial charge in [-0.2, -0.15) is 0 Å². The molecule has 2 fully saturated rings. The zero-order valence-corrected chi connectivity index (χ0v) is 10.6. The average Bonchev–Trinajstić information content (AvgIpc) is 2.93. The molecule has 3 rings (SSSR count).